The normalized spacial score (nSPS) is 13.3. The van der Waals surface area contributed by atoms with E-state index in [4.69, 9.17) is 11.6 Å². The van der Waals surface area contributed by atoms with Gasteiger partial charge in [-0.05, 0) is 37.0 Å². The van der Waals surface area contributed by atoms with Gasteiger partial charge < -0.3 is 4.74 Å². The molecule has 1 saturated carbocycles. The van der Waals surface area contributed by atoms with E-state index in [9.17, 15) is 9.18 Å². The zero-order valence-electron chi connectivity index (χ0n) is 12.9. The molecule has 2 heterocycles. The van der Waals surface area contributed by atoms with Crippen LogP contribution in [0.15, 0.2) is 42.6 Å². The molecule has 0 saturated heterocycles. The van der Waals surface area contributed by atoms with Crippen LogP contribution >= 0.6 is 11.6 Å². The highest BCUT2D eigenvalue weighted by molar-refractivity contribution is 6.29. The summed E-state index contributed by atoms with van der Waals surface area (Å²) in [5.41, 5.74) is 2.19. The molecule has 4 rings (SSSR count). The standard InChI is InChI=1S/C9H7ClFN3.C8H8O2/c10-7-3-6(5-1-2-5)9-12-4-8(11)14(9)13-7;1-10-8(9)7-5-3-2-4-6-7/h3-5H,1-2H2;2-6H,1H3. The lowest BCUT2D eigenvalue weighted by molar-refractivity contribution is 0.0600. The molecule has 0 atom stereocenters. The van der Waals surface area contributed by atoms with Gasteiger partial charge in [0.15, 0.2) is 10.8 Å². The summed E-state index contributed by atoms with van der Waals surface area (Å²) in [6.07, 6.45) is 3.43. The first-order valence-electron chi connectivity index (χ1n) is 7.43. The zero-order valence-corrected chi connectivity index (χ0v) is 13.7. The van der Waals surface area contributed by atoms with Crippen molar-refractivity contribution in [1.29, 1.82) is 0 Å². The van der Waals surface area contributed by atoms with Crippen molar-refractivity contribution in [3.63, 3.8) is 0 Å². The summed E-state index contributed by atoms with van der Waals surface area (Å²) in [7, 11) is 1.37. The van der Waals surface area contributed by atoms with Gasteiger partial charge in [0.2, 0.25) is 5.95 Å². The van der Waals surface area contributed by atoms with Crippen LogP contribution in [-0.4, -0.2) is 27.7 Å². The number of nitrogens with zero attached hydrogens (tertiary/aromatic N) is 3. The molecule has 1 aromatic carbocycles. The SMILES string of the molecule is COC(=O)c1ccccc1.Fc1cnc2c(C3CC3)cc(Cl)nn12. The average molecular weight is 348 g/mol. The minimum atomic E-state index is -0.468. The number of aromatic nitrogens is 3. The fraction of sp³-hybridized carbons (Fsp3) is 0.235. The van der Waals surface area contributed by atoms with E-state index in [1.165, 1.54) is 13.3 Å². The Morgan fingerprint density at radius 1 is 1.33 bits per heavy atom. The highest BCUT2D eigenvalue weighted by Gasteiger charge is 2.27. The summed E-state index contributed by atoms with van der Waals surface area (Å²) in [6.45, 7) is 0. The molecule has 124 valence electrons. The van der Waals surface area contributed by atoms with Crippen molar-refractivity contribution in [2.45, 2.75) is 18.8 Å². The van der Waals surface area contributed by atoms with E-state index >= 15 is 0 Å². The average Bonchev–Trinajstić information content (AvgIpc) is 3.39. The van der Waals surface area contributed by atoms with Gasteiger partial charge in [-0.1, -0.05) is 29.8 Å². The lowest BCUT2D eigenvalue weighted by Gasteiger charge is -2.01. The van der Waals surface area contributed by atoms with Gasteiger partial charge in [-0.15, -0.1) is 0 Å². The van der Waals surface area contributed by atoms with Gasteiger partial charge in [0.25, 0.3) is 0 Å². The van der Waals surface area contributed by atoms with Crippen LogP contribution in [0.5, 0.6) is 0 Å². The first-order valence-corrected chi connectivity index (χ1v) is 7.81. The number of methoxy groups -OCH3 is 1. The van der Waals surface area contributed by atoms with Gasteiger partial charge >= 0.3 is 5.97 Å². The van der Waals surface area contributed by atoms with E-state index in [-0.39, 0.29) is 5.97 Å². The minimum Gasteiger partial charge on any atom is -0.465 e. The van der Waals surface area contributed by atoms with Gasteiger partial charge in [-0.2, -0.15) is 14.0 Å². The minimum absolute atomic E-state index is 0.291. The maximum absolute atomic E-state index is 13.2. The third-order valence-electron chi connectivity index (χ3n) is 3.64. The number of benzene rings is 1. The van der Waals surface area contributed by atoms with Crippen molar-refractivity contribution >= 4 is 23.2 Å². The lowest BCUT2D eigenvalue weighted by atomic mass is 10.2. The Balaban J connectivity index is 0.000000150. The molecule has 0 spiro atoms. The Bertz CT molecular complexity index is 863. The summed E-state index contributed by atoms with van der Waals surface area (Å²) < 4.78 is 18.8. The van der Waals surface area contributed by atoms with Crippen LogP contribution in [0, 0.1) is 5.95 Å². The number of esters is 1. The van der Waals surface area contributed by atoms with Gasteiger partial charge in [0, 0.05) is 5.56 Å². The number of halogens is 2. The van der Waals surface area contributed by atoms with E-state index in [1.807, 2.05) is 6.07 Å². The second-order valence-corrected chi connectivity index (χ2v) is 5.76. The van der Waals surface area contributed by atoms with Crippen LogP contribution in [0.25, 0.3) is 5.65 Å². The number of hydrogen-bond donors (Lipinski definition) is 0. The number of ether oxygens (including phenoxy) is 1. The Hall–Kier alpha value is -2.47. The smallest absolute Gasteiger partial charge is 0.337 e. The number of rotatable bonds is 2. The Kier molecular flexibility index (Phi) is 4.76. The molecule has 3 aromatic rings. The topological polar surface area (TPSA) is 56.5 Å². The molecular formula is C17H15ClFN3O2. The predicted octanol–water partition coefficient (Wildman–Crippen LogP) is 3.87. The van der Waals surface area contributed by atoms with E-state index in [1.54, 1.807) is 30.3 Å². The van der Waals surface area contributed by atoms with E-state index in [0.29, 0.717) is 22.3 Å². The number of fused-ring (bicyclic) bond motifs is 1. The fourth-order valence-corrected chi connectivity index (χ4v) is 2.51. The molecule has 1 fully saturated rings. The molecule has 0 radical (unpaired) electrons. The van der Waals surface area contributed by atoms with Crippen molar-refractivity contribution in [1.82, 2.24) is 14.6 Å². The maximum atomic E-state index is 13.2. The first kappa shape index (κ1) is 16.4. The zero-order chi connectivity index (χ0) is 17.1. The quantitative estimate of drug-likeness (QED) is 0.660. The maximum Gasteiger partial charge on any atom is 0.337 e. The number of imidazole rings is 1. The second-order valence-electron chi connectivity index (χ2n) is 5.37. The Morgan fingerprint density at radius 3 is 2.67 bits per heavy atom. The fourth-order valence-electron chi connectivity index (χ4n) is 2.32. The third-order valence-corrected chi connectivity index (χ3v) is 3.82. The van der Waals surface area contributed by atoms with E-state index in [0.717, 1.165) is 22.9 Å². The van der Waals surface area contributed by atoms with Crippen LogP contribution in [0.4, 0.5) is 4.39 Å². The van der Waals surface area contributed by atoms with Crippen molar-refractivity contribution < 1.29 is 13.9 Å². The molecule has 5 nitrogen and oxygen atoms in total. The summed E-state index contributed by atoms with van der Waals surface area (Å²) >= 11 is 5.80. The number of carbonyl (C=O) groups excluding carboxylic acids is 1. The van der Waals surface area contributed by atoms with Crippen LogP contribution in [0.3, 0.4) is 0 Å². The Morgan fingerprint density at radius 2 is 2.04 bits per heavy atom. The molecule has 0 aliphatic heterocycles. The molecule has 0 bridgehead atoms. The predicted molar refractivity (Wildman–Crippen MR) is 87.7 cm³/mol. The van der Waals surface area contributed by atoms with Gasteiger partial charge in [-0.25, -0.2) is 9.78 Å². The van der Waals surface area contributed by atoms with Crippen LogP contribution in [0.1, 0.15) is 34.7 Å². The van der Waals surface area contributed by atoms with Crippen molar-refractivity contribution in [3.8, 4) is 0 Å². The highest BCUT2D eigenvalue weighted by Crippen LogP contribution is 2.42. The largest absolute Gasteiger partial charge is 0.465 e. The molecule has 1 aliphatic carbocycles. The third kappa shape index (κ3) is 3.54. The molecule has 0 N–H and O–H groups in total. The van der Waals surface area contributed by atoms with Crippen molar-refractivity contribution in [2.24, 2.45) is 0 Å². The van der Waals surface area contributed by atoms with Gasteiger partial charge in [0.05, 0.1) is 18.9 Å². The molecule has 1 aliphatic rings. The number of carbonyl (C=O) groups is 1. The lowest BCUT2D eigenvalue weighted by Crippen LogP contribution is -1.99. The molecule has 0 unspecified atom stereocenters. The molecular weight excluding hydrogens is 333 g/mol. The molecule has 7 heteroatoms. The molecule has 2 aromatic heterocycles. The van der Waals surface area contributed by atoms with Crippen LogP contribution < -0.4 is 0 Å². The van der Waals surface area contributed by atoms with Crippen LogP contribution in [0.2, 0.25) is 5.15 Å². The Labute approximate surface area is 143 Å². The van der Waals surface area contributed by atoms with E-state index < -0.39 is 5.95 Å². The monoisotopic (exact) mass is 347 g/mol. The van der Waals surface area contributed by atoms with Crippen molar-refractivity contribution in [3.05, 3.63) is 64.8 Å². The second kappa shape index (κ2) is 6.97. The molecule has 0 amide bonds. The van der Waals surface area contributed by atoms with Crippen LogP contribution in [-0.2, 0) is 4.74 Å². The summed E-state index contributed by atoms with van der Waals surface area (Å²) in [5.74, 6) is -0.273. The highest BCUT2D eigenvalue weighted by atomic mass is 35.5. The first-order chi connectivity index (χ1) is 11.6. The molecule has 24 heavy (non-hydrogen) atoms. The summed E-state index contributed by atoms with van der Waals surface area (Å²) in [6, 6.07) is 10.7. The summed E-state index contributed by atoms with van der Waals surface area (Å²) in [4.78, 5) is 14.8. The van der Waals surface area contributed by atoms with Crippen molar-refractivity contribution in [2.75, 3.05) is 7.11 Å². The van der Waals surface area contributed by atoms with Gasteiger partial charge in [-0.3, -0.25) is 0 Å². The summed E-state index contributed by atoms with van der Waals surface area (Å²) in [5, 5.41) is 4.17. The number of hydrogen-bond acceptors (Lipinski definition) is 4. The van der Waals surface area contributed by atoms with Gasteiger partial charge in [0.1, 0.15) is 0 Å². The van der Waals surface area contributed by atoms with E-state index in [2.05, 4.69) is 14.8 Å².